The standard InChI is InChI=1S/C27H26F3N3O4/c1-19-15-25(9-6-21(19)16-34-14-12-23-11-13-31-33(23)2)35-17-22-18-36-26(32-22)10-5-20-3-7-24(8-4-20)37-27(28,29)30/h3-11,13,15,18H,12,14,16-17H2,1-2H3/b10-5+. The maximum atomic E-state index is 12.3. The molecule has 7 nitrogen and oxygen atoms in total. The zero-order chi connectivity index (χ0) is 26.3. The summed E-state index contributed by atoms with van der Waals surface area (Å²) in [5, 5.41) is 4.15. The molecule has 0 saturated carbocycles. The van der Waals surface area contributed by atoms with Crippen molar-refractivity contribution in [2.24, 2.45) is 7.05 Å². The van der Waals surface area contributed by atoms with E-state index in [1.165, 1.54) is 30.5 Å². The fourth-order valence-electron chi connectivity index (χ4n) is 3.50. The lowest BCUT2D eigenvalue weighted by atomic mass is 10.1. The summed E-state index contributed by atoms with van der Waals surface area (Å²) in [5.74, 6) is 0.776. The molecule has 0 fully saturated rings. The number of aryl methyl sites for hydroxylation is 2. The second-order valence-corrected chi connectivity index (χ2v) is 8.25. The lowest BCUT2D eigenvalue weighted by Gasteiger charge is -2.10. The van der Waals surface area contributed by atoms with E-state index in [1.54, 1.807) is 18.3 Å². The van der Waals surface area contributed by atoms with Gasteiger partial charge in [-0.05, 0) is 60.0 Å². The van der Waals surface area contributed by atoms with Gasteiger partial charge < -0.3 is 18.6 Å². The average Bonchev–Trinajstić information content (AvgIpc) is 3.48. The monoisotopic (exact) mass is 513 g/mol. The van der Waals surface area contributed by atoms with Gasteiger partial charge in [-0.2, -0.15) is 5.10 Å². The van der Waals surface area contributed by atoms with Crippen LogP contribution < -0.4 is 9.47 Å². The van der Waals surface area contributed by atoms with Crippen LogP contribution >= 0.6 is 0 Å². The number of hydrogen-bond donors (Lipinski definition) is 0. The van der Waals surface area contributed by atoms with Gasteiger partial charge in [-0.3, -0.25) is 4.68 Å². The van der Waals surface area contributed by atoms with Crippen LogP contribution in [0.15, 0.2) is 65.4 Å². The van der Waals surface area contributed by atoms with Crippen LogP contribution in [0.5, 0.6) is 11.5 Å². The lowest BCUT2D eigenvalue weighted by Crippen LogP contribution is -2.16. The fraction of sp³-hybridized carbons (Fsp3) is 0.259. The van der Waals surface area contributed by atoms with Crippen molar-refractivity contribution < 1.29 is 31.8 Å². The number of nitrogens with zero attached hydrogens (tertiary/aromatic N) is 3. The summed E-state index contributed by atoms with van der Waals surface area (Å²) in [4.78, 5) is 4.35. The molecule has 0 amide bonds. The molecule has 0 bridgehead atoms. The lowest BCUT2D eigenvalue weighted by molar-refractivity contribution is -0.274. The van der Waals surface area contributed by atoms with Crippen LogP contribution in [0.2, 0.25) is 0 Å². The van der Waals surface area contributed by atoms with Gasteiger partial charge in [0, 0.05) is 31.4 Å². The Kier molecular flexibility index (Phi) is 8.29. The van der Waals surface area contributed by atoms with Gasteiger partial charge in [0.15, 0.2) is 0 Å². The smallest absolute Gasteiger partial charge is 0.487 e. The Balaban J connectivity index is 1.23. The average molecular weight is 514 g/mol. The molecule has 37 heavy (non-hydrogen) atoms. The first-order chi connectivity index (χ1) is 17.7. The number of oxazole rings is 1. The molecule has 0 saturated heterocycles. The minimum atomic E-state index is -4.72. The Morgan fingerprint density at radius 3 is 2.49 bits per heavy atom. The minimum absolute atomic E-state index is 0.223. The Morgan fingerprint density at radius 2 is 1.78 bits per heavy atom. The van der Waals surface area contributed by atoms with Crippen molar-refractivity contribution in [3.63, 3.8) is 0 Å². The summed E-state index contributed by atoms with van der Waals surface area (Å²) in [6.45, 7) is 3.35. The topological polar surface area (TPSA) is 71.5 Å². The third-order valence-electron chi connectivity index (χ3n) is 5.48. The highest BCUT2D eigenvalue weighted by Crippen LogP contribution is 2.23. The summed E-state index contributed by atoms with van der Waals surface area (Å²) in [6.07, 6.45) is 2.65. The predicted octanol–water partition coefficient (Wildman–Crippen LogP) is 6.12. The molecule has 0 aliphatic heterocycles. The maximum absolute atomic E-state index is 12.3. The number of ether oxygens (including phenoxy) is 3. The first-order valence-electron chi connectivity index (χ1n) is 11.5. The Morgan fingerprint density at radius 1 is 1.00 bits per heavy atom. The van der Waals surface area contributed by atoms with Crippen LogP contribution in [0.4, 0.5) is 13.2 Å². The number of aromatic nitrogens is 3. The third-order valence-corrected chi connectivity index (χ3v) is 5.48. The zero-order valence-electron chi connectivity index (χ0n) is 20.4. The highest BCUT2D eigenvalue weighted by molar-refractivity contribution is 5.66. The van der Waals surface area contributed by atoms with Crippen LogP contribution in [-0.4, -0.2) is 27.7 Å². The minimum Gasteiger partial charge on any atom is -0.487 e. The summed E-state index contributed by atoms with van der Waals surface area (Å²) in [5.41, 5.74) is 4.55. The largest absolute Gasteiger partial charge is 0.573 e. The Labute approximate surface area is 212 Å². The zero-order valence-corrected chi connectivity index (χ0v) is 20.4. The van der Waals surface area contributed by atoms with Gasteiger partial charge in [-0.25, -0.2) is 4.98 Å². The van der Waals surface area contributed by atoms with E-state index in [0.29, 0.717) is 36.1 Å². The molecule has 10 heteroatoms. The molecule has 0 aliphatic rings. The molecule has 0 aliphatic carbocycles. The van der Waals surface area contributed by atoms with E-state index in [-0.39, 0.29) is 12.4 Å². The van der Waals surface area contributed by atoms with Gasteiger partial charge in [0.1, 0.15) is 30.1 Å². The number of rotatable bonds is 11. The van der Waals surface area contributed by atoms with Crippen molar-refractivity contribution in [1.82, 2.24) is 14.8 Å². The molecular weight excluding hydrogens is 487 g/mol. The van der Waals surface area contributed by atoms with Gasteiger partial charge in [0.25, 0.3) is 0 Å². The summed E-state index contributed by atoms with van der Waals surface area (Å²) >= 11 is 0. The van der Waals surface area contributed by atoms with E-state index in [1.807, 2.05) is 42.9 Å². The summed E-state index contributed by atoms with van der Waals surface area (Å²) in [7, 11) is 1.91. The number of benzene rings is 2. The number of alkyl halides is 3. The quantitative estimate of drug-likeness (QED) is 0.225. The van der Waals surface area contributed by atoms with E-state index < -0.39 is 6.36 Å². The van der Waals surface area contributed by atoms with E-state index in [9.17, 15) is 13.2 Å². The van der Waals surface area contributed by atoms with Crippen molar-refractivity contribution in [2.45, 2.75) is 32.9 Å². The molecule has 2 aromatic heterocycles. The normalized spacial score (nSPS) is 11.8. The fourth-order valence-corrected chi connectivity index (χ4v) is 3.50. The van der Waals surface area contributed by atoms with E-state index in [2.05, 4.69) is 14.8 Å². The molecule has 0 unspecified atom stereocenters. The van der Waals surface area contributed by atoms with E-state index >= 15 is 0 Å². The molecule has 0 N–H and O–H groups in total. The molecule has 4 rings (SSSR count). The maximum Gasteiger partial charge on any atom is 0.573 e. The number of halogens is 3. The predicted molar refractivity (Wildman–Crippen MR) is 131 cm³/mol. The van der Waals surface area contributed by atoms with Gasteiger partial charge >= 0.3 is 6.36 Å². The third kappa shape index (κ3) is 7.97. The molecule has 4 aromatic rings. The highest BCUT2D eigenvalue weighted by Gasteiger charge is 2.30. The van der Waals surface area contributed by atoms with Gasteiger partial charge in [0.05, 0.1) is 13.2 Å². The van der Waals surface area contributed by atoms with Crippen molar-refractivity contribution >= 4 is 12.2 Å². The second-order valence-electron chi connectivity index (χ2n) is 8.25. The van der Waals surface area contributed by atoms with Crippen LogP contribution in [0, 0.1) is 6.92 Å². The SMILES string of the molecule is Cc1cc(OCc2coc(/C=C/c3ccc(OC(F)(F)F)cc3)n2)ccc1COCCc1ccnn1C. The van der Waals surface area contributed by atoms with Crippen LogP contribution in [-0.2, 0) is 31.4 Å². The first-order valence-corrected chi connectivity index (χ1v) is 11.5. The van der Waals surface area contributed by atoms with Crippen LogP contribution in [0.25, 0.3) is 12.2 Å². The second kappa shape index (κ2) is 11.8. The number of hydrogen-bond acceptors (Lipinski definition) is 6. The Bertz CT molecular complexity index is 1330. The molecule has 0 atom stereocenters. The Hall–Kier alpha value is -4.05. The molecule has 194 valence electrons. The van der Waals surface area contributed by atoms with Crippen LogP contribution in [0.1, 0.15) is 34.0 Å². The van der Waals surface area contributed by atoms with Gasteiger partial charge in [-0.15, -0.1) is 13.2 Å². The summed E-state index contributed by atoms with van der Waals surface area (Å²) < 4.78 is 59.6. The highest BCUT2D eigenvalue weighted by atomic mass is 19.4. The summed E-state index contributed by atoms with van der Waals surface area (Å²) in [6, 6.07) is 13.3. The van der Waals surface area contributed by atoms with Crippen LogP contribution in [0.3, 0.4) is 0 Å². The van der Waals surface area contributed by atoms with Crippen molar-refractivity contribution in [3.05, 3.63) is 95.0 Å². The first kappa shape index (κ1) is 26.0. The van der Waals surface area contributed by atoms with Crippen molar-refractivity contribution in [3.8, 4) is 11.5 Å². The molecule has 0 radical (unpaired) electrons. The molecule has 2 aromatic carbocycles. The van der Waals surface area contributed by atoms with E-state index in [4.69, 9.17) is 13.9 Å². The molecular formula is C27H26F3N3O4. The van der Waals surface area contributed by atoms with Crippen molar-refractivity contribution in [1.29, 1.82) is 0 Å². The van der Waals surface area contributed by atoms with Crippen molar-refractivity contribution in [2.75, 3.05) is 6.61 Å². The van der Waals surface area contributed by atoms with E-state index in [0.717, 1.165) is 23.2 Å². The van der Waals surface area contributed by atoms with Gasteiger partial charge in [-0.1, -0.05) is 18.2 Å². The molecule has 2 heterocycles. The molecule has 0 spiro atoms. The van der Waals surface area contributed by atoms with Gasteiger partial charge in [0.2, 0.25) is 5.89 Å².